The highest BCUT2D eigenvalue weighted by molar-refractivity contribution is 5.85. The zero-order valence-corrected chi connectivity index (χ0v) is 9.76. The molecule has 4 heteroatoms. The standard InChI is InChI=1S/C11H15NO2.ClH/c1-13-10-4-7-3-8(6-12)9(7)5-11(10)14-2;/h4-5,8H,3,6,12H2,1-2H3;1H. The molecule has 2 N–H and O–H groups in total. The number of nitrogens with two attached hydrogens (primary N) is 1. The molecule has 0 radical (unpaired) electrons. The molecule has 0 bridgehead atoms. The van der Waals surface area contributed by atoms with Gasteiger partial charge in [0.15, 0.2) is 11.5 Å². The van der Waals surface area contributed by atoms with E-state index in [0.29, 0.717) is 12.5 Å². The molecular weight excluding hydrogens is 214 g/mol. The van der Waals surface area contributed by atoms with Crippen LogP contribution in [-0.2, 0) is 6.42 Å². The van der Waals surface area contributed by atoms with Gasteiger partial charge in [-0.1, -0.05) is 0 Å². The van der Waals surface area contributed by atoms with Gasteiger partial charge < -0.3 is 15.2 Å². The number of hydrogen-bond donors (Lipinski definition) is 1. The van der Waals surface area contributed by atoms with Crippen LogP contribution in [0.1, 0.15) is 17.0 Å². The second-order valence-electron chi connectivity index (χ2n) is 3.54. The van der Waals surface area contributed by atoms with Gasteiger partial charge in [-0.05, 0) is 36.2 Å². The molecule has 1 aliphatic rings. The van der Waals surface area contributed by atoms with Crippen molar-refractivity contribution >= 4 is 12.4 Å². The van der Waals surface area contributed by atoms with Gasteiger partial charge in [-0.25, -0.2) is 0 Å². The molecule has 0 saturated heterocycles. The number of rotatable bonds is 3. The summed E-state index contributed by atoms with van der Waals surface area (Å²) < 4.78 is 10.5. The Morgan fingerprint density at radius 2 is 1.87 bits per heavy atom. The third-order valence-corrected chi connectivity index (χ3v) is 2.84. The van der Waals surface area contributed by atoms with E-state index in [1.165, 1.54) is 11.1 Å². The predicted octanol–water partition coefficient (Wildman–Crippen LogP) is 1.72. The SMILES string of the molecule is COc1cc2c(cc1OC)C(CN)C2.Cl. The molecule has 2 rings (SSSR count). The fourth-order valence-electron chi connectivity index (χ4n) is 1.95. The second kappa shape index (κ2) is 4.73. The Kier molecular flexibility index (Phi) is 3.83. The molecule has 15 heavy (non-hydrogen) atoms. The van der Waals surface area contributed by atoms with Gasteiger partial charge in [-0.3, -0.25) is 0 Å². The van der Waals surface area contributed by atoms with Gasteiger partial charge in [0.05, 0.1) is 14.2 Å². The smallest absolute Gasteiger partial charge is 0.161 e. The normalized spacial score (nSPS) is 17.1. The molecule has 0 aliphatic heterocycles. The van der Waals surface area contributed by atoms with E-state index in [4.69, 9.17) is 15.2 Å². The first-order valence-corrected chi connectivity index (χ1v) is 4.75. The summed E-state index contributed by atoms with van der Waals surface area (Å²) in [6.07, 6.45) is 1.06. The van der Waals surface area contributed by atoms with Gasteiger partial charge in [-0.15, -0.1) is 12.4 Å². The van der Waals surface area contributed by atoms with E-state index in [1.807, 2.05) is 12.1 Å². The van der Waals surface area contributed by atoms with Gasteiger partial charge in [0.25, 0.3) is 0 Å². The van der Waals surface area contributed by atoms with Crippen molar-refractivity contribution in [1.82, 2.24) is 0 Å². The molecule has 0 saturated carbocycles. The van der Waals surface area contributed by atoms with Crippen LogP contribution in [-0.4, -0.2) is 20.8 Å². The lowest BCUT2D eigenvalue weighted by Gasteiger charge is -2.30. The maximum absolute atomic E-state index is 5.64. The van der Waals surface area contributed by atoms with Crippen molar-refractivity contribution in [3.63, 3.8) is 0 Å². The Hall–Kier alpha value is -0.930. The van der Waals surface area contributed by atoms with Gasteiger partial charge >= 0.3 is 0 Å². The van der Waals surface area contributed by atoms with Crippen molar-refractivity contribution in [3.8, 4) is 11.5 Å². The minimum Gasteiger partial charge on any atom is -0.493 e. The van der Waals surface area contributed by atoms with Crippen molar-refractivity contribution in [1.29, 1.82) is 0 Å². The molecule has 0 spiro atoms. The quantitative estimate of drug-likeness (QED) is 0.859. The van der Waals surface area contributed by atoms with Crippen LogP contribution in [0.25, 0.3) is 0 Å². The van der Waals surface area contributed by atoms with Gasteiger partial charge in [-0.2, -0.15) is 0 Å². The highest BCUT2D eigenvalue weighted by atomic mass is 35.5. The zero-order chi connectivity index (χ0) is 10.1. The number of methoxy groups -OCH3 is 2. The highest BCUT2D eigenvalue weighted by Crippen LogP contribution is 2.41. The number of ether oxygens (including phenoxy) is 2. The minimum atomic E-state index is 0. The molecule has 0 fully saturated rings. The summed E-state index contributed by atoms with van der Waals surface area (Å²) in [5, 5.41) is 0. The average Bonchev–Trinajstić information content (AvgIpc) is 2.20. The predicted molar refractivity (Wildman–Crippen MR) is 62.3 cm³/mol. The van der Waals surface area contributed by atoms with E-state index in [0.717, 1.165) is 17.9 Å². The lowest BCUT2D eigenvalue weighted by atomic mass is 9.77. The van der Waals surface area contributed by atoms with Crippen molar-refractivity contribution in [2.24, 2.45) is 5.73 Å². The summed E-state index contributed by atoms with van der Waals surface area (Å²) in [6, 6.07) is 4.08. The number of halogens is 1. The maximum atomic E-state index is 5.64. The maximum Gasteiger partial charge on any atom is 0.161 e. The summed E-state index contributed by atoms with van der Waals surface area (Å²) >= 11 is 0. The molecule has 1 aliphatic carbocycles. The first-order valence-electron chi connectivity index (χ1n) is 4.75. The summed E-state index contributed by atoms with van der Waals surface area (Å²) in [7, 11) is 3.31. The van der Waals surface area contributed by atoms with E-state index >= 15 is 0 Å². The van der Waals surface area contributed by atoms with Crippen LogP contribution in [0.2, 0.25) is 0 Å². The van der Waals surface area contributed by atoms with Crippen LogP contribution >= 0.6 is 12.4 Å². The second-order valence-corrected chi connectivity index (χ2v) is 3.54. The van der Waals surface area contributed by atoms with Crippen LogP contribution in [0.3, 0.4) is 0 Å². The first-order chi connectivity index (χ1) is 6.80. The molecule has 1 aromatic rings. The molecule has 0 amide bonds. The minimum absolute atomic E-state index is 0. The summed E-state index contributed by atoms with van der Waals surface area (Å²) in [4.78, 5) is 0. The Morgan fingerprint density at radius 1 is 1.27 bits per heavy atom. The van der Waals surface area contributed by atoms with E-state index < -0.39 is 0 Å². The molecular formula is C11H16ClNO2. The van der Waals surface area contributed by atoms with E-state index in [-0.39, 0.29) is 12.4 Å². The van der Waals surface area contributed by atoms with Crippen molar-refractivity contribution < 1.29 is 9.47 Å². The third kappa shape index (κ3) is 1.90. The van der Waals surface area contributed by atoms with Crippen molar-refractivity contribution in [2.75, 3.05) is 20.8 Å². The van der Waals surface area contributed by atoms with Gasteiger partial charge in [0.1, 0.15) is 0 Å². The Morgan fingerprint density at radius 3 is 2.40 bits per heavy atom. The summed E-state index contributed by atoms with van der Waals surface area (Å²) in [6.45, 7) is 0.711. The summed E-state index contributed by atoms with van der Waals surface area (Å²) in [5.41, 5.74) is 8.28. The molecule has 1 unspecified atom stereocenters. The molecule has 0 heterocycles. The van der Waals surface area contributed by atoms with Crippen LogP contribution in [0.4, 0.5) is 0 Å². The van der Waals surface area contributed by atoms with Gasteiger partial charge in [0, 0.05) is 5.92 Å². The average molecular weight is 230 g/mol. The monoisotopic (exact) mass is 229 g/mol. The largest absolute Gasteiger partial charge is 0.493 e. The number of benzene rings is 1. The third-order valence-electron chi connectivity index (χ3n) is 2.84. The fourth-order valence-corrected chi connectivity index (χ4v) is 1.95. The molecule has 3 nitrogen and oxygen atoms in total. The Labute approximate surface area is 96.0 Å². The van der Waals surface area contributed by atoms with Crippen LogP contribution in [0.5, 0.6) is 11.5 Å². The Bertz CT molecular complexity index is 355. The Balaban J connectivity index is 0.00000112. The molecule has 1 atom stereocenters. The van der Waals surface area contributed by atoms with E-state index in [2.05, 4.69) is 0 Å². The van der Waals surface area contributed by atoms with Crippen LogP contribution in [0.15, 0.2) is 12.1 Å². The van der Waals surface area contributed by atoms with Crippen molar-refractivity contribution in [2.45, 2.75) is 12.3 Å². The fraction of sp³-hybridized carbons (Fsp3) is 0.455. The first kappa shape index (κ1) is 12.1. The van der Waals surface area contributed by atoms with Crippen molar-refractivity contribution in [3.05, 3.63) is 23.3 Å². The molecule has 0 aromatic heterocycles. The highest BCUT2D eigenvalue weighted by Gasteiger charge is 2.26. The van der Waals surface area contributed by atoms with E-state index in [9.17, 15) is 0 Å². The number of hydrogen-bond acceptors (Lipinski definition) is 3. The molecule has 1 aromatic carbocycles. The lowest BCUT2D eigenvalue weighted by Crippen LogP contribution is -2.24. The van der Waals surface area contributed by atoms with Gasteiger partial charge in [0.2, 0.25) is 0 Å². The van der Waals surface area contributed by atoms with E-state index in [1.54, 1.807) is 14.2 Å². The topological polar surface area (TPSA) is 44.5 Å². The summed E-state index contributed by atoms with van der Waals surface area (Å²) in [5.74, 6) is 2.11. The van der Waals surface area contributed by atoms with Crippen LogP contribution in [0, 0.1) is 0 Å². The lowest BCUT2D eigenvalue weighted by molar-refractivity contribution is 0.352. The number of fused-ring (bicyclic) bond motifs is 1. The zero-order valence-electron chi connectivity index (χ0n) is 8.95. The molecule has 84 valence electrons. The van der Waals surface area contributed by atoms with Crippen LogP contribution < -0.4 is 15.2 Å².